The molecule has 0 saturated heterocycles. The number of pyridine rings is 1. The molecule has 3 rings (SSSR count). The summed E-state index contributed by atoms with van der Waals surface area (Å²) in [4.78, 5) is 28.6. The number of hydrogen-bond acceptors (Lipinski definition) is 6. The second-order valence-electron chi connectivity index (χ2n) is 7.62. The zero-order chi connectivity index (χ0) is 24.8. The largest absolute Gasteiger partial charge is 0.477 e. The number of carbonyl (C=O) groups excluding carboxylic acids is 1. The summed E-state index contributed by atoms with van der Waals surface area (Å²) in [7, 11) is 0. The first-order valence-corrected chi connectivity index (χ1v) is 12.1. The Morgan fingerprint density at radius 2 is 1.79 bits per heavy atom. The summed E-state index contributed by atoms with van der Waals surface area (Å²) < 4.78 is 5.92. The molecule has 2 aromatic heterocycles. The molecule has 0 aliphatic rings. The van der Waals surface area contributed by atoms with Crippen molar-refractivity contribution in [3.63, 3.8) is 0 Å². The van der Waals surface area contributed by atoms with Crippen LogP contribution in [-0.2, 0) is 6.42 Å². The molecule has 0 atom stereocenters. The Labute approximate surface area is 205 Å². The summed E-state index contributed by atoms with van der Waals surface area (Å²) in [5.41, 5.74) is 3.02. The van der Waals surface area contributed by atoms with Gasteiger partial charge in [-0.2, -0.15) is 4.98 Å². The molecule has 0 bridgehead atoms. The fourth-order valence-corrected chi connectivity index (χ4v) is 3.32. The van der Waals surface area contributed by atoms with Gasteiger partial charge >= 0.3 is 0 Å². The average molecular weight is 466 g/mol. The monoisotopic (exact) mass is 465 g/mol. The summed E-state index contributed by atoms with van der Waals surface area (Å²) in [5.74, 6) is 0.609. The number of aryl methyl sites for hydroxylation is 1. The molecule has 0 fully saturated rings. The predicted octanol–water partition coefficient (Wildman–Crippen LogP) is 5.95. The van der Waals surface area contributed by atoms with Crippen molar-refractivity contribution in [3.8, 4) is 5.88 Å². The first kappa shape index (κ1) is 26.8. The fourth-order valence-electron chi connectivity index (χ4n) is 3.32. The molecule has 1 aromatic carbocycles. The van der Waals surface area contributed by atoms with E-state index in [1.54, 1.807) is 12.3 Å². The zero-order valence-corrected chi connectivity index (χ0v) is 21.0. The van der Waals surface area contributed by atoms with Gasteiger partial charge < -0.3 is 15.0 Å². The van der Waals surface area contributed by atoms with Crippen molar-refractivity contribution in [2.75, 3.05) is 29.9 Å². The van der Waals surface area contributed by atoms with Crippen LogP contribution in [0, 0.1) is 6.92 Å². The van der Waals surface area contributed by atoms with Crippen LogP contribution >= 0.6 is 0 Å². The van der Waals surface area contributed by atoms with Crippen LogP contribution in [0.1, 0.15) is 63.7 Å². The highest BCUT2D eigenvalue weighted by molar-refractivity contribution is 6.03. The van der Waals surface area contributed by atoms with Gasteiger partial charge in [-0.05, 0) is 49.6 Å². The van der Waals surface area contributed by atoms with Gasteiger partial charge in [0.1, 0.15) is 5.69 Å². The number of benzene rings is 1. The van der Waals surface area contributed by atoms with Crippen molar-refractivity contribution in [2.24, 2.45) is 0 Å². The highest BCUT2D eigenvalue weighted by atomic mass is 16.5. The Balaban J connectivity index is 0.00000199. The van der Waals surface area contributed by atoms with Gasteiger partial charge in [0.25, 0.3) is 5.91 Å². The van der Waals surface area contributed by atoms with Crippen LogP contribution in [0.5, 0.6) is 5.88 Å². The molecule has 7 heteroatoms. The van der Waals surface area contributed by atoms with Gasteiger partial charge in [-0.25, -0.2) is 4.98 Å². The summed E-state index contributed by atoms with van der Waals surface area (Å²) in [5, 5.41) is 2.93. The Morgan fingerprint density at radius 3 is 2.44 bits per heavy atom. The number of rotatable bonds is 11. The number of hydrogen-bond donors (Lipinski definition) is 1. The normalized spacial score (nSPS) is 10.1. The van der Waals surface area contributed by atoms with Crippen molar-refractivity contribution in [2.45, 2.75) is 53.9 Å². The van der Waals surface area contributed by atoms with Gasteiger partial charge in [0.2, 0.25) is 11.8 Å². The third-order valence-corrected chi connectivity index (χ3v) is 4.80. The lowest BCUT2D eigenvalue weighted by molar-refractivity contribution is 0.102. The van der Waals surface area contributed by atoms with Gasteiger partial charge in [0.15, 0.2) is 0 Å². The minimum absolute atomic E-state index is 0. The molecule has 0 aliphatic heterocycles. The van der Waals surface area contributed by atoms with E-state index in [9.17, 15) is 4.79 Å². The lowest BCUT2D eigenvalue weighted by atomic mass is 10.2. The highest BCUT2D eigenvalue weighted by Gasteiger charge is 2.17. The third-order valence-electron chi connectivity index (χ3n) is 4.80. The standard InChI is InChI=1S/C25H31N5O2.C2H6.H2/c1-4-14-30(15-5-2)25-28-22(24(31)27-21-11-8-9-19(3)17-21)18-23(29-25)32-16-12-20-10-6-7-13-26-20;1-2;/h6-11,13,17-18H,4-5,12,14-16H2,1-3H3,(H,27,31);1-2H3;1H. The van der Waals surface area contributed by atoms with Crippen LogP contribution < -0.4 is 15.0 Å². The van der Waals surface area contributed by atoms with Crippen molar-refractivity contribution >= 4 is 17.5 Å². The summed E-state index contributed by atoms with van der Waals surface area (Å²) in [6.07, 6.45) is 4.33. The minimum Gasteiger partial charge on any atom is -0.477 e. The summed E-state index contributed by atoms with van der Waals surface area (Å²) in [6.45, 7) is 12.2. The van der Waals surface area contributed by atoms with Crippen LogP contribution in [0.15, 0.2) is 54.7 Å². The van der Waals surface area contributed by atoms with E-state index in [4.69, 9.17) is 4.74 Å². The Bertz CT molecular complexity index is 1010. The molecular weight excluding hydrogens is 426 g/mol. The topological polar surface area (TPSA) is 80.2 Å². The summed E-state index contributed by atoms with van der Waals surface area (Å²) >= 11 is 0. The van der Waals surface area contributed by atoms with E-state index >= 15 is 0 Å². The number of aromatic nitrogens is 3. The molecule has 3 aromatic rings. The summed E-state index contributed by atoms with van der Waals surface area (Å²) in [6, 6.07) is 15.1. The molecule has 0 radical (unpaired) electrons. The Kier molecular flexibility index (Phi) is 11.5. The second kappa shape index (κ2) is 14.6. The van der Waals surface area contributed by atoms with E-state index in [-0.39, 0.29) is 13.0 Å². The van der Waals surface area contributed by atoms with Crippen molar-refractivity contribution in [3.05, 3.63) is 71.7 Å². The maximum absolute atomic E-state index is 13.0. The van der Waals surface area contributed by atoms with E-state index in [0.29, 0.717) is 24.9 Å². The number of nitrogens with zero attached hydrogens (tertiary/aromatic N) is 4. The zero-order valence-electron chi connectivity index (χ0n) is 21.0. The van der Waals surface area contributed by atoms with E-state index in [2.05, 4.69) is 39.0 Å². The van der Waals surface area contributed by atoms with Crippen LogP contribution in [0.2, 0.25) is 0 Å². The first-order chi connectivity index (χ1) is 16.6. The SMILES string of the molecule is CC.CCCN(CCC)c1nc(OCCc2ccccn2)cc(C(=O)Nc2cccc(C)c2)n1.[HH]. The van der Waals surface area contributed by atoms with E-state index in [0.717, 1.165) is 42.9 Å². The van der Waals surface area contributed by atoms with Crippen LogP contribution in [0.4, 0.5) is 11.6 Å². The lowest BCUT2D eigenvalue weighted by Gasteiger charge is -2.22. The van der Waals surface area contributed by atoms with Gasteiger partial charge in [-0.15, -0.1) is 0 Å². The fraction of sp³-hybridized carbons (Fsp3) is 0.407. The molecule has 7 nitrogen and oxygen atoms in total. The first-order valence-electron chi connectivity index (χ1n) is 12.1. The minimum atomic E-state index is -0.290. The molecule has 184 valence electrons. The van der Waals surface area contributed by atoms with E-state index < -0.39 is 0 Å². The predicted molar refractivity (Wildman–Crippen MR) is 141 cm³/mol. The van der Waals surface area contributed by atoms with Gasteiger partial charge in [-0.3, -0.25) is 9.78 Å². The van der Waals surface area contributed by atoms with Crippen LogP contribution in [0.25, 0.3) is 0 Å². The maximum atomic E-state index is 13.0. The number of amides is 1. The molecule has 1 N–H and O–H groups in total. The molecule has 1 amide bonds. The lowest BCUT2D eigenvalue weighted by Crippen LogP contribution is -2.28. The third kappa shape index (κ3) is 8.46. The van der Waals surface area contributed by atoms with Crippen molar-refractivity contribution < 1.29 is 11.0 Å². The number of anilines is 2. The molecule has 34 heavy (non-hydrogen) atoms. The maximum Gasteiger partial charge on any atom is 0.274 e. The molecule has 0 saturated carbocycles. The average Bonchev–Trinajstić information content (AvgIpc) is 2.86. The van der Waals surface area contributed by atoms with E-state index in [1.165, 1.54) is 0 Å². The van der Waals surface area contributed by atoms with Gasteiger partial charge in [0.05, 0.1) is 6.61 Å². The van der Waals surface area contributed by atoms with Crippen molar-refractivity contribution in [1.82, 2.24) is 15.0 Å². The van der Waals surface area contributed by atoms with Crippen LogP contribution in [-0.4, -0.2) is 40.6 Å². The second-order valence-corrected chi connectivity index (χ2v) is 7.62. The van der Waals surface area contributed by atoms with Crippen LogP contribution in [0.3, 0.4) is 0 Å². The number of nitrogens with one attached hydrogen (secondary N) is 1. The Morgan fingerprint density at radius 1 is 1.03 bits per heavy atom. The molecule has 2 heterocycles. The number of ether oxygens (including phenoxy) is 1. The number of carbonyl (C=O) groups is 1. The van der Waals surface area contributed by atoms with Gasteiger partial charge in [-0.1, -0.05) is 45.9 Å². The molecule has 0 unspecified atom stereocenters. The van der Waals surface area contributed by atoms with Gasteiger partial charge in [0, 0.05) is 44.6 Å². The highest BCUT2D eigenvalue weighted by Crippen LogP contribution is 2.19. The molecule has 0 spiro atoms. The molecule has 0 aliphatic carbocycles. The van der Waals surface area contributed by atoms with E-state index in [1.807, 2.05) is 63.2 Å². The molecular formula is C27H39N5O2. The van der Waals surface area contributed by atoms with Crippen molar-refractivity contribution in [1.29, 1.82) is 0 Å². The smallest absolute Gasteiger partial charge is 0.274 e. The Hall–Kier alpha value is -3.48. The quantitative estimate of drug-likeness (QED) is 0.377.